The lowest BCUT2D eigenvalue weighted by atomic mass is 10.1. The van der Waals surface area contributed by atoms with Gasteiger partial charge < -0.3 is 65.3 Å². The predicted octanol–water partition coefficient (Wildman–Crippen LogP) is -0.290. The first-order valence-electron chi connectivity index (χ1n) is 22.0. The number of nitrogens with zero attached hydrogens (tertiary/aromatic N) is 5. The van der Waals surface area contributed by atoms with E-state index in [2.05, 4.69) is 31.3 Å². The van der Waals surface area contributed by atoms with Crippen LogP contribution in [0.3, 0.4) is 0 Å². The van der Waals surface area contributed by atoms with E-state index in [1.54, 1.807) is 68.0 Å². The Morgan fingerprint density at radius 3 is 1.28 bits per heavy atom. The van der Waals surface area contributed by atoms with E-state index < -0.39 is 121 Å². The maximum Gasteiger partial charge on any atom is 0.408 e. The van der Waals surface area contributed by atoms with E-state index in [-0.39, 0.29) is 30.4 Å². The van der Waals surface area contributed by atoms with Crippen molar-refractivity contribution in [3.8, 4) is 0 Å². The number of rotatable bonds is 26. The predicted molar refractivity (Wildman–Crippen MR) is 259 cm³/mol. The first-order valence-corrected chi connectivity index (χ1v) is 24.8. The van der Waals surface area contributed by atoms with Crippen LogP contribution in [0.15, 0.2) is 0 Å². The lowest BCUT2D eigenvalue weighted by molar-refractivity contribution is -0.149. The summed E-state index contributed by atoms with van der Waals surface area (Å²) in [5.41, 5.74) is -1.87. The highest BCUT2D eigenvalue weighted by atomic mass is 32.2. The van der Waals surface area contributed by atoms with Crippen molar-refractivity contribution in [2.45, 2.75) is 116 Å². The fraction of sp³-hybridized carbons (Fsp3) is 0.767. The number of methoxy groups -OCH3 is 1. The zero-order valence-corrected chi connectivity index (χ0v) is 44.6. The van der Waals surface area contributed by atoms with Crippen LogP contribution < -0.4 is 26.6 Å². The Morgan fingerprint density at radius 1 is 0.544 bits per heavy atom. The van der Waals surface area contributed by atoms with Crippen LogP contribution >= 0.6 is 23.5 Å². The van der Waals surface area contributed by atoms with Gasteiger partial charge in [-0.05, 0) is 73.9 Å². The van der Waals surface area contributed by atoms with E-state index in [0.29, 0.717) is 6.42 Å². The van der Waals surface area contributed by atoms with Gasteiger partial charge in [-0.2, -0.15) is 23.5 Å². The van der Waals surface area contributed by atoms with Crippen molar-refractivity contribution in [3.05, 3.63) is 0 Å². The minimum absolute atomic E-state index is 0.0921. The number of alkyl carbamates (subject to hydrolysis) is 2. The first kappa shape index (κ1) is 63.0. The van der Waals surface area contributed by atoms with E-state index in [1.165, 1.54) is 73.5 Å². The Hall–Kier alpha value is -5.04. The summed E-state index contributed by atoms with van der Waals surface area (Å²) in [4.78, 5) is 139. The average molecular weight is 1010 g/mol. The first-order chi connectivity index (χ1) is 31.4. The van der Waals surface area contributed by atoms with Crippen molar-refractivity contribution in [1.29, 1.82) is 0 Å². The molecule has 0 aromatic heterocycles. The zero-order valence-electron chi connectivity index (χ0n) is 43.0. The molecule has 0 unspecified atom stereocenters. The van der Waals surface area contributed by atoms with Crippen LogP contribution in [0.4, 0.5) is 9.59 Å². The van der Waals surface area contributed by atoms with Gasteiger partial charge in [0.25, 0.3) is 0 Å². The third-order valence-electron chi connectivity index (χ3n) is 10.2. The summed E-state index contributed by atoms with van der Waals surface area (Å²) in [6.45, 7) is 11.3. The van der Waals surface area contributed by atoms with Gasteiger partial charge in [-0.15, -0.1) is 0 Å². The maximum atomic E-state index is 14.1. The summed E-state index contributed by atoms with van der Waals surface area (Å²) >= 11 is 2.60. The lowest BCUT2D eigenvalue weighted by Crippen LogP contribution is -2.59. The number of likely N-dealkylation sites (N-methyl/N-ethyl adjacent to an activating group) is 6. The van der Waals surface area contributed by atoms with Crippen molar-refractivity contribution in [3.63, 3.8) is 0 Å². The van der Waals surface area contributed by atoms with Crippen LogP contribution in [0.25, 0.3) is 0 Å². The number of carbonyl (C=O) groups excluding carboxylic acids is 10. The van der Waals surface area contributed by atoms with Gasteiger partial charge >= 0.3 is 18.2 Å². The largest absolute Gasteiger partial charge is 0.468 e. The molecule has 0 rings (SSSR count). The molecule has 0 radical (unpaired) electrons. The highest BCUT2D eigenvalue weighted by molar-refractivity contribution is 7.98. The van der Waals surface area contributed by atoms with Crippen molar-refractivity contribution >= 4 is 83.0 Å². The summed E-state index contributed by atoms with van der Waals surface area (Å²) in [6.07, 6.45) is 2.15. The van der Waals surface area contributed by atoms with Crippen molar-refractivity contribution in [1.82, 2.24) is 51.1 Å². The van der Waals surface area contributed by atoms with E-state index >= 15 is 0 Å². The van der Waals surface area contributed by atoms with Crippen LogP contribution in [0, 0.1) is 0 Å². The van der Waals surface area contributed by atoms with E-state index in [9.17, 15) is 47.9 Å². The second-order valence-electron chi connectivity index (χ2n) is 17.9. The standard InChI is InChI=1S/C43H78N10O13S2/c1-18-26(44-9)36(58)52(13)30(24-67-16)37(59)49(10)22-27(47-40(62)65-42(3,4)5)34(56)45-20-32(54)51(12)29(19-2)39(61)53(14)31(25-68-17)38(60)50(11)23-28(35(57)46-21-33(55)64-15)48-41(63)66-43(6,7)8/h26-31,44H,18-25H2,1-17H3,(H,45,56)(H,46,57)(H,47,62)(H,48,63)/t26-,27+,28+,29-,30-,31-/m0/s1. The lowest BCUT2D eigenvalue weighted by Gasteiger charge is -2.36. The molecule has 68 heavy (non-hydrogen) atoms. The number of hydrogen-bond donors (Lipinski definition) is 5. The SMILES string of the molecule is CC[C@H](NC)C(=O)N(C)[C@@H](CSC)C(=O)N(C)C[C@@H](NC(=O)OC(C)(C)C)C(=O)NCC(=O)N(C)[C@@H](CC)C(=O)N(C)[C@@H](CSC)C(=O)N(C)C[C@@H](NC(=O)OC(C)(C)C)C(=O)NCC(=O)OC. The zero-order chi connectivity index (χ0) is 52.9. The Labute approximate surface area is 410 Å². The average Bonchev–Trinajstić information content (AvgIpc) is 3.25. The van der Waals surface area contributed by atoms with Crippen LogP contribution in [-0.2, 0) is 52.6 Å². The quantitative estimate of drug-likeness (QED) is 0.0550. The second-order valence-corrected chi connectivity index (χ2v) is 19.7. The van der Waals surface area contributed by atoms with Crippen LogP contribution in [-0.4, -0.2) is 231 Å². The Bertz CT molecular complexity index is 1740. The summed E-state index contributed by atoms with van der Waals surface area (Å²) in [5.74, 6) is -4.83. The van der Waals surface area contributed by atoms with Gasteiger partial charge in [-0.25, -0.2) is 9.59 Å². The van der Waals surface area contributed by atoms with Crippen molar-refractivity contribution in [2.75, 3.05) is 99.6 Å². The molecule has 0 aliphatic heterocycles. The molecule has 5 N–H and O–H groups in total. The molecular formula is C43H78N10O13S2. The molecule has 0 bridgehead atoms. The normalized spacial score (nSPS) is 14.0. The minimum Gasteiger partial charge on any atom is -0.468 e. The molecule has 25 heteroatoms. The Kier molecular flexibility index (Phi) is 27.6. The monoisotopic (exact) mass is 1010 g/mol. The van der Waals surface area contributed by atoms with Crippen molar-refractivity contribution in [2.24, 2.45) is 0 Å². The minimum atomic E-state index is -1.43. The third-order valence-corrected chi connectivity index (χ3v) is 11.5. The molecule has 0 spiro atoms. The molecule has 0 aliphatic rings. The summed E-state index contributed by atoms with van der Waals surface area (Å²) in [7, 11) is 9.84. The molecule has 0 saturated carbocycles. The molecule has 0 fully saturated rings. The van der Waals surface area contributed by atoms with Gasteiger partial charge in [0.15, 0.2) is 0 Å². The molecule has 23 nitrogen and oxygen atoms in total. The van der Waals surface area contributed by atoms with Gasteiger partial charge in [0.05, 0.1) is 19.7 Å². The number of esters is 1. The number of ether oxygens (including phenoxy) is 3. The third kappa shape index (κ3) is 21.5. The van der Waals surface area contributed by atoms with Crippen LogP contribution in [0.1, 0.15) is 68.2 Å². The molecule has 0 aromatic carbocycles. The number of hydrogen-bond acceptors (Lipinski definition) is 16. The maximum absolute atomic E-state index is 14.1. The Balaban J connectivity index is 6.38. The van der Waals surface area contributed by atoms with Gasteiger partial charge in [0, 0.05) is 59.8 Å². The summed E-state index contributed by atoms with van der Waals surface area (Å²) < 4.78 is 15.2. The molecule has 0 heterocycles. The fourth-order valence-electron chi connectivity index (χ4n) is 6.38. The molecular weight excluding hydrogens is 929 g/mol. The topological polar surface area (TPSA) is 275 Å². The number of nitrogens with one attached hydrogen (secondary N) is 5. The number of amides is 9. The molecule has 0 aliphatic carbocycles. The highest BCUT2D eigenvalue weighted by Crippen LogP contribution is 2.16. The van der Waals surface area contributed by atoms with Gasteiger partial charge in [-0.1, -0.05) is 13.8 Å². The molecule has 9 amide bonds. The molecule has 0 aromatic rings. The van der Waals surface area contributed by atoms with Gasteiger partial charge in [0.2, 0.25) is 41.4 Å². The number of carbonyl (C=O) groups is 10. The fourth-order valence-corrected chi connectivity index (χ4v) is 7.74. The number of thioether (sulfide) groups is 2. The van der Waals surface area contributed by atoms with Crippen LogP contribution in [0.2, 0.25) is 0 Å². The molecule has 0 saturated heterocycles. The van der Waals surface area contributed by atoms with E-state index in [4.69, 9.17) is 9.47 Å². The highest BCUT2D eigenvalue weighted by Gasteiger charge is 2.38. The second kappa shape index (κ2) is 29.8. The van der Waals surface area contributed by atoms with E-state index in [0.717, 1.165) is 16.9 Å². The smallest absolute Gasteiger partial charge is 0.408 e. The Morgan fingerprint density at radius 2 is 0.941 bits per heavy atom. The molecule has 6 atom stereocenters. The van der Waals surface area contributed by atoms with Crippen LogP contribution in [0.5, 0.6) is 0 Å². The molecule has 390 valence electrons. The van der Waals surface area contributed by atoms with Gasteiger partial charge in [0.1, 0.15) is 48.0 Å². The van der Waals surface area contributed by atoms with E-state index in [1.807, 2.05) is 6.92 Å². The van der Waals surface area contributed by atoms with Gasteiger partial charge in [-0.3, -0.25) is 38.4 Å². The van der Waals surface area contributed by atoms with Crippen molar-refractivity contribution < 1.29 is 62.2 Å². The summed E-state index contributed by atoms with van der Waals surface area (Å²) in [6, 6.07) is -6.52. The summed E-state index contributed by atoms with van der Waals surface area (Å²) in [5, 5.41) is 12.7.